The number of methoxy groups -OCH3 is 2. The van der Waals surface area contributed by atoms with Crippen molar-refractivity contribution in [1.82, 2.24) is 0 Å². The van der Waals surface area contributed by atoms with Gasteiger partial charge in [0.25, 0.3) is 5.91 Å². The molecule has 0 spiro atoms. The van der Waals surface area contributed by atoms with E-state index in [2.05, 4.69) is 10.5 Å². The number of carbonyl (C=O) groups is 1. The first-order valence-electron chi connectivity index (χ1n) is 7.37. The maximum Gasteiger partial charge on any atom is 0.265 e. The van der Waals surface area contributed by atoms with E-state index >= 15 is 0 Å². The maximum atomic E-state index is 12.0. The zero-order valence-electron chi connectivity index (χ0n) is 13.9. The molecule has 24 heavy (non-hydrogen) atoms. The molecule has 0 heterocycles. The highest BCUT2D eigenvalue weighted by molar-refractivity contribution is 5.93. The molecule has 126 valence electrons. The highest BCUT2D eigenvalue weighted by atomic mass is 16.6. The van der Waals surface area contributed by atoms with Gasteiger partial charge in [0.1, 0.15) is 11.5 Å². The number of rotatable bonds is 7. The Bertz CT molecular complexity index is 729. The van der Waals surface area contributed by atoms with Gasteiger partial charge in [0, 0.05) is 6.07 Å². The molecule has 0 unspecified atom stereocenters. The molecule has 2 aromatic carbocycles. The van der Waals surface area contributed by atoms with Crippen molar-refractivity contribution in [3.63, 3.8) is 0 Å². The van der Waals surface area contributed by atoms with Crippen LogP contribution in [-0.2, 0) is 9.63 Å². The van der Waals surface area contributed by atoms with Crippen LogP contribution in [-0.4, -0.2) is 32.9 Å². The molecule has 0 saturated heterocycles. The Balaban J connectivity index is 1.91. The quantitative estimate of drug-likeness (QED) is 0.626. The Kier molecular flexibility index (Phi) is 6.19. The number of amides is 1. The third-order valence-electron chi connectivity index (χ3n) is 3.33. The van der Waals surface area contributed by atoms with E-state index in [1.54, 1.807) is 31.5 Å². The number of oxime groups is 1. The molecule has 0 saturated carbocycles. The van der Waals surface area contributed by atoms with E-state index in [1.807, 2.05) is 31.2 Å². The van der Waals surface area contributed by atoms with E-state index in [9.17, 15) is 4.79 Å². The number of hydrogen-bond acceptors (Lipinski definition) is 5. The molecule has 0 fully saturated rings. The molecule has 2 aromatic rings. The first-order valence-corrected chi connectivity index (χ1v) is 7.37. The molecular weight excluding hydrogens is 308 g/mol. The number of nitrogens with zero attached hydrogens (tertiary/aromatic N) is 1. The smallest absolute Gasteiger partial charge is 0.265 e. The number of nitrogens with one attached hydrogen (secondary N) is 1. The van der Waals surface area contributed by atoms with Crippen molar-refractivity contribution in [2.24, 2.45) is 5.16 Å². The fraction of sp³-hybridized carbons (Fsp3) is 0.222. The monoisotopic (exact) mass is 328 g/mol. The second kappa shape index (κ2) is 8.57. The van der Waals surface area contributed by atoms with E-state index in [-0.39, 0.29) is 12.5 Å². The lowest BCUT2D eigenvalue weighted by Gasteiger charge is -2.11. The van der Waals surface area contributed by atoms with Gasteiger partial charge >= 0.3 is 0 Å². The summed E-state index contributed by atoms with van der Waals surface area (Å²) in [5.41, 5.74) is 2.52. The number of aryl methyl sites for hydroxylation is 1. The Morgan fingerprint density at radius 1 is 1.17 bits per heavy atom. The first kappa shape index (κ1) is 17.3. The fourth-order valence-electron chi connectivity index (χ4n) is 2.02. The van der Waals surface area contributed by atoms with Crippen molar-refractivity contribution in [2.45, 2.75) is 6.92 Å². The number of ether oxygens (including phenoxy) is 2. The minimum absolute atomic E-state index is 0.206. The van der Waals surface area contributed by atoms with E-state index in [4.69, 9.17) is 14.3 Å². The van der Waals surface area contributed by atoms with E-state index in [1.165, 1.54) is 7.11 Å². The van der Waals surface area contributed by atoms with Crippen molar-refractivity contribution in [3.8, 4) is 11.5 Å². The summed E-state index contributed by atoms with van der Waals surface area (Å²) in [6.07, 6.45) is 1.58. The third kappa shape index (κ3) is 4.74. The van der Waals surface area contributed by atoms with Crippen LogP contribution in [0.3, 0.4) is 0 Å². The van der Waals surface area contributed by atoms with Crippen LogP contribution in [0.2, 0.25) is 0 Å². The van der Waals surface area contributed by atoms with Crippen LogP contribution in [0.25, 0.3) is 0 Å². The lowest BCUT2D eigenvalue weighted by Crippen LogP contribution is -2.17. The average molecular weight is 328 g/mol. The summed E-state index contributed by atoms with van der Waals surface area (Å²) in [5.74, 6) is 0.806. The van der Waals surface area contributed by atoms with Gasteiger partial charge in [0.15, 0.2) is 6.61 Å². The number of hydrogen-bond donors (Lipinski definition) is 1. The fourth-order valence-corrected chi connectivity index (χ4v) is 2.02. The number of anilines is 1. The topological polar surface area (TPSA) is 69.2 Å². The minimum atomic E-state index is -0.344. The molecule has 0 aliphatic heterocycles. The molecule has 0 aliphatic carbocycles. The van der Waals surface area contributed by atoms with Crippen LogP contribution in [0, 0.1) is 6.92 Å². The van der Waals surface area contributed by atoms with Crippen LogP contribution >= 0.6 is 0 Å². The SMILES string of the molecule is COc1ccc(OC)c(NC(=O)CO/N=C\c2ccccc2C)c1. The zero-order chi connectivity index (χ0) is 17.4. The zero-order valence-corrected chi connectivity index (χ0v) is 13.9. The summed E-state index contributed by atoms with van der Waals surface area (Å²) in [7, 11) is 3.08. The summed E-state index contributed by atoms with van der Waals surface area (Å²) >= 11 is 0. The van der Waals surface area contributed by atoms with E-state index in [0.29, 0.717) is 17.2 Å². The van der Waals surface area contributed by atoms with E-state index < -0.39 is 0 Å². The van der Waals surface area contributed by atoms with Crippen molar-refractivity contribution < 1.29 is 19.1 Å². The summed E-state index contributed by atoms with van der Waals surface area (Å²) in [6, 6.07) is 12.9. The lowest BCUT2D eigenvalue weighted by atomic mass is 10.1. The summed E-state index contributed by atoms with van der Waals surface area (Å²) in [4.78, 5) is 17.0. The first-order chi connectivity index (χ1) is 11.6. The second-order valence-corrected chi connectivity index (χ2v) is 4.98. The standard InChI is InChI=1S/C18H20N2O4/c1-13-6-4-5-7-14(13)11-19-24-12-18(21)20-16-10-15(22-2)8-9-17(16)23-3/h4-11H,12H2,1-3H3,(H,20,21)/b19-11-. The molecule has 6 heteroatoms. The van der Waals surface area contributed by atoms with Gasteiger partial charge in [-0.2, -0.15) is 0 Å². The molecule has 0 radical (unpaired) electrons. The van der Waals surface area contributed by atoms with Gasteiger partial charge in [-0.3, -0.25) is 4.79 Å². The number of carbonyl (C=O) groups excluding carboxylic acids is 1. The minimum Gasteiger partial charge on any atom is -0.497 e. The Morgan fingerprint density at radius 2 is 1.96 bits per heavy atom. The highest BCUT2D eigenvalue weighted by Gasteiger charge is 2.09. The molecule has 0 bridgehead atoms. The molecule has 1 amide bonds. The van der Waals surface area contributed by atoms with Gasteiger partial charge in [-0.15, -0.1) is 0 Å². The number of benzene rings is 2. The van der Waals surface area contributed by atoms with E-state index in [0.717, 1.165) is 11.1 Å². The van der Waals surface area contributed by atoms with Gasteiger partial charge in [-0.1, -0.05) is 29.4 Å². The highest BCUT2D eigenvalue weighted by Crippen LogP contribution is 2.28. The maximum absolute atomic E-state index is 12.0. The van der Waals surface area contributed by atoms with Crippen LogP contribution in [0.4, 0.5) is 5.69 Å². The summed E-state index contributed by atoms with van der Waals surface area (Å²) < 4.78 is 10.3. The molecule has 0 aromatic heterocycles. The van der Waals surface area contributed by atoms with Crippen LogP contribution in [0.1, 0.15) is 11.1 Å². The molecule has 1 N–H and O–H groups in total. The molecule has 6 nitrogen and oxygen atoms in total. The van der Waals surface area contributed by atoms with Gasteiger partial charge in [0.05, 0.1) is 26.1 Å². The van der Waals surface area contributed by atoms with Gasteiger partial charge in [-0.25, -0.2) is 0 Å². The van der Waals surface area contributed by atoms with Crippen molar-refractivity contribution in [1.29, 1.82) is 0 Å². The van der Waals surface area contributed by atoms with Crippen LogP contribution in [0.15, 0.2) is 47.6 Å². The summed E-state index contributed by atoms with van der Waals surface area (Å²) in [6.45, 7) is 1.77. The molecule has 0 aliphatic rings. The average Bonchev–Trinajstić information content (AvgIpc) is 2.60. The predicted molar refractivity (Wildman–Crippen MR) is 92.9 cm³/mol. The lowest BCUT2D eigenvalue weighted by molar-refractivity contribution is -0.120. The van der Waals surface area contributed by atoms with Crippen LogP contribution in [0.5, 0.6) is 11.5 Å². The van der Waals surface area contributed by atoms with Crippen molar-refractivity contribution >= 4 is 17.8 Å². The summed E-state index contributed by atoms with van der Waals surface area (Å²) in [5, 5.41) is 6.52. The van der Waals surface area contributed by atoms with Crippen molar-refractivity contribution in [2.75, 3.05) is 26.1 Å². The molecule has 2 rings (SSSR count). The van der Waals surface area contributed by atoms with Gasteiger partial charge < -0.3 is 19.6 Å². The predicted octanol–water partition coefficient (Wildman–Crippen LogP) is 3.00. The Hall–Kier alpha value is -3.02. The molecular formula is C18H20N2O4. The largest absolute Gasteiger partial charge is 0.497 e. The van der Waals surface area contributed by atoms with Crippen LogP contribution < -0.4 is 14.8 Å². The van der Waals surface area contributed by atoms with Crippen molar-refractivity contribution in [3.05, 3.63) is 53.6 Å². The normalized spacial score (nSPS) is 10.5. The van der Waals surface area contributed by atoms with Gasteiger partial charge in [-0.05, 0) is 30.2 Å². The Labute approximate surface area is 141 Å². The molecule has 0 atom stereocenters. The van der Waals surface area contributed by atoms with Gasteiger partial charge in [0.2, 0.25) is 0 Å². The second-order valence-electron chi connectivity index (χ2n) is 4.98. The Morgan fingerprint density at radius 3 is 2.67 bits per heavy atom. The third-order valence-corrected chi connectivity index (χ3v) is 3.33.